The second-order valence-electron chi connectivity index (χ2n) is 8.15. The number of hydrogen-bond acceptors (Lipinski definition) is 7. The molecule has 2 aromatic rings. The van der Waals surface area contributed by atoms with Gasteiger partial charge in [0.15, 0.2) is 5.79 Å². The van der Waals surface area contributed by atoms with Crippen LogP contribution in [0.3, 0.4) is 0 Å². The summed E-state index contributed by atoms with van der Waals surface area (Å²) in [6.45, 7) is 7.49. The van der Waals surface area contributed by atoms with Crippen molar-refractivity contribution >= 4 is 23.1 Å². The maximum Gasteiger partial charge on any atom is 0.229 e. The molecule has 0 unspecified atom stereocenters. The summed E-state index contributed by atoms with van der Waals surface area (Å²) in [5.41, 5.74) is 3.26. The molecule has 3 aliphatic heterocycles. The standard InChI is InChI=1S/C22H29N5O2/c1-17-16-20(27-12-8-22(9-13-27)28-14-15-29-22)25-21(23-17)24-18-4-6-19(7-5-18)26-10-2-3-11-26/h4-7,16H,2-3,8-15H2,1H3,(H,23,24,25). The normalized spacial score (nSPS) is 21.1. The van der Waals surface area contributed by atoms with Crippen LogP contribution in [0.4, 0.5) is 23.1 Å². The number of piperidine rings is 1. The molecular formula is C22H29N5O2. The molecule has 0 aliphatic carbocycles. The summed E-state index contributed by atoms with van der Waals surface area (Å²) in [6, 6.07) is 10.6. The van der Waals surface area contributed by atoms with Gasteiger partial charge in [-0.15, -0.1) is 0 Å². The number of aromatic nitrogens is 2. The summed E-state index contributed by atoms with van der Waals surface area (Å²) >= 11 is 0. The molecule has 0 atom stereocenters. The van der Waals surface area contributed by atoms with Crippen LogP contribution in [0.1, 0.15) is 31.4 Å². The third-order valence-corrected chi connectivity index (χ3v) is 6.10. The zero-order chi connectivity index (χ0) is 19.7. The largest absolute Gasteiger partial charge is 0.372 e. The van der Waals surface area contributed by atoms with Gasteiger partial charge in [-0.25, -0.2) is 4.98 Å². The zero-order valence-electron chi connectivity index (χ0n) is 17.1. The molecule has 1 spiro atoms. The molecule has 3 aliphatic rings. The Morgan fingerprint density at radius 1 is 0.897 bits per heavy atom. The van der Waals surface area contributed by atoms with Crippen LogP contribution in [-0.2, 0) is 9.47 Å². The van der Waals surface area contributed by atoms with E-state index in [9.17, 15) is 0 Å². The van der Waals surface area contributed by atoms with Gasteiger partial charge in [-0.2, -0.15) is 4.98 Å². The van der Waals surface area contributed by atoms with Crippen LogP contribution >= 0.6 is 0 Å². The molecule has 154 valence electrons. The van der Waals surface area contributed by atoms with E-state index < -0.39 is 0 Å². The SMILES string of the molecule is Cc1cc(N2CCC3(CC2)OCCO3)nc(Nc2ccc(N3CCCC3)cc2)n1. The maximum absolute atomic E-state index is 5.84. The molecule has 7 nitrogen and oxygen atoms in total. The van der Waals surface area contributed by atoms with E-state index in [1.807, 2.05) is 6.92 Å². The Balaban J connectivity index is 1.27. The fourth-order valence-corrected chi connectivity index (χ4v) is 4.49. The second kappa shape index (κ2) is 7.80. The lowest BCUT2D eigenvalue weighted by atomic mass is 10.0. The van der Waals surface area contributed by atoms with Crippen LogP contribution in [0.15, 0.2) is 30.3 Å². The average molecular weight is 396 g/mol. The van der Waals surface area contributed by atoms with Gasteiger partial charge in [-0.1, -0.05) is 0 Å². The van der Waals surface area contributed by atoms with Crippen LogP contribution in [0.5, 0.6) is 0 Å². The topological polar surface area (TPSA) is 62.8 Å². The highest BCUT2D eigenvalue weighted by molar-refractivity contribution is 5.60. The minimum absolute atomic E-state index is 0.364. The van der Waals surface area contributed by atoms with E-state index in [0.29, 0.717) is 19.2 Å². The number of anilines is 4. The van der Waals surface area contributed by atoms with Gasteiger partial charge in [0.25, 0.3) is 0 Å². The van der Waals surface area contributed by atoms with E-state index >= 15 is 0 Å². The smallest absolute Gasteiger partial charge is 0.229 e. The van der Waals surface area contributed by atoms with Crippen molar-refractivity contribution in [3.8, 4) is 0 Å². The van der Waals surface area contributed by atoms with Gasteiger partial charge in [-0.3, -0.25) is 0 Å². The first-order chi connectivity index (χ1) is 14.2. The van der Waals surface area contributed by atoms with E-state index in [0.717, 1.165) is 56.2 Å². The summed E-state index contributed by atoms with van der Waals surface area (Å²) in [5, 5.41) is 3.37. The number of rotatable bonds is 4. The highest BCUT2D eigenvalue weighted by atomic mass is 16.7. The zero-order valence-corrected chi connectivity index (χ0v) is 17.1. The summed E-state index contributed by atoms with van der Waals surface area (Å²) < 4.78 is 11.7. The van der Waals surface area contributed by atoms with Crippen LogP contribution in [0.2, 0.25) is 0 Å². The molecule has 29 heavy (non-hydrogen) atoms. The lowest BCUT2D eigenvalue weighted by Crippen LogP contribution is -2.45. The first kappa shape index (κ1) is 18.6. The van der Waals surface area contributed by atoms with Crippen LogP contribution in [0, 0.1) is 6.92 Å². The summed E-state index contributed by atoms with van der Waals surface area (Å²) in [6.07, 6.45) is 4.32. The number of aryl methyl sites for hydroxylation is 1. The number of benzene rings is 1. The summed E-state index contributed by atoms with van der Waals surface area (Å²) in [7, 11) is 0. The molecule has 7 heteroatoms. The predicted molar refractivity (Wildman–Crippen MR) is 114 cm³/mol. The average Bonchev–Trinajstić information content (AvgIpc) is 3.42. The van der Waals surface area contributed by atoms with E-state index in [1.165, 1.54) is 18.5 Å². The van der Waals surface area contributed by atoms with Crippen LogP contribution in [0.25, 0.3) is 0 Å². The molecule has 0 amide bonds. The monoisotopic (exact) mass is 395 g/mol. The predicted octanol–water partition coefficient (Wildman–Crippen LogP) is 3.47. The van der Waals surface area contributed by atoms with Crippen molar-refractivity contribution < 1.29 is 9.47 Å². The van der Waals surface area contributed by atoms with Crippen LogP contribution in [-0.4, -0.2) is 55.1 Å². The molecule has 3 fully saturated rings. The Morgan fingerprint density at radius 3 is 2.28 bits per heavy atom. The Bertz CT molecular complexity index is 835. The fraction of sp³-hybridized carbons (Fsp3) is 0.545. The van der Waals surface area contributed by atoms with E-state index in [4.69, 9.17) is 14.5 Å². The first-order valence-electron chi connectivity index (χ1n) is 10.7. The van der Waals surface area contributed by atoms with E-state index in [2.05, 4.69) is 50.4 Å². The Kier molecular flexibility index (Phi) is 5.01. The molecule has 0 bridgehead atoms. The highest BCUT2D eigenvalue weighted by Crippen LogP contribution is 2.33. The van der Waals surface area contributed by atoms with Crippen LogP contribution < -0.4 is 15.1 Å². The molecule has 0 saturated carbocycles. The Hall–Kier alpha value is -2.38. The van der Waals surface area contributed by atoms with Crippen molar-refractivity contribution in [1.29, 1.82) is 0 Å². The number of hydrogen-bond donors (Lipinski definition) is 1. The number of nitrogens with zero attached hydrogens (tertiary/aromatic N) is 4. The van der Waals surface area contributed by atoms with Crippen molar-refractivity contribution in [2.45, 2.75) is 38.4 Å². The summed E-state index contributed by atoms with van der Waals surface area (Å²) in [5.74, 6) is 1.24. The lowest BCUT2D eigenvalue weighted by Gasteiger charge is -2.38. The Morgan fingerprint density at radius 2 is 1.59 bits per heavy atom. The summed E-state index contributed by atoms with van der Waals surface area (Å²) in [4.78, 5) is 14.1. The third-order valence-electron chi connectivity index (χ3n) is 6.10. The minimum atomic E-state index is -0.364. The van der Waals surface area contributed by atoms with Gasteiger partial charge in [0.2, 0.25) is 5.95 Å². The molecular weight excluding hydrogens is 366 g/mol. The Labute approximate surface area is 172 Å². The molecule has 1 N–H and O–H groups in total. The number of nitrogens with one attached hydrogen (secondary N) is 1. The van der Waals surface area contributed by atoms with E-state index in [1.54, 1.807) is 0 Å². The second-order valence-corrected chi connectivity index (χ2v) is 8.15. The van der Waals surface area contributed by atoms with Gasteiger partial charge in [0.05, 0.1) is 13.2 Å². The van der Waals surface area contributed by atoms with Crippen molar-refractivity contribution in [1.82, 2.24) is 9.97 Å². The minimum Gasteiger partial charge on any atom is -0.372 e. The van der Waals surface area contributed by atoms with Crippen molar-refractivity contribution in [3.63, 3.8) is 0 Å². The van der Waals surface area contributed by atoms with Crippen molar-refractivity contribution in [3.05, 3.63) is 36.0 Å². The molecule has 3 saturated heterocycles. The molecule has 1 aromatic carbocycles. The van der Waals surface area contributed by atoms with Crippen molar-refractivity contribution in [2.75, 3.05) is 54.5 Å². The molecule has 1 aromatic heterocycles. The quantitative estimate of drug-likeness (QED) is 0.850. The van der Waals surface area contributed by atoms with Crippen molar-refractivity contribution in [2.24, 2.45) is 0 Å². The van der Waals surface area contributed by atoms with Gasteiger partial charge in [0, 0.05) is 62.2 Å². The first-order valence-corrected chi connectivity index (χ1v) is 10.7. The number of ether oxygens (including phenoxy) is 2. The van der Waals surface area contributed by atoms with Gasteiger partial charge in [-0.05, 0) is 44.0 Å². The fourth-order valence-electron chi connectivity index (χ4n) is 4.49. The van der Waals surface area contributed by atoms with Gasteiger partial charge >= 0.3 is 0 Å². The third kappa shape index (κ3) is 4.02. The highest BCUT2D eigenvalue weighted by Gasteiger charge is 2.40. The van der Waals surface area contributed by atoms with Gasteiger partial charge in [0.1, 0.15) is 5.82 Å². The molecule has 5 rings (SSSR count). The molecule has 0 radical (unpaired) electrons. The molecule has 4 heterocycles. The van der Waals surface area contributed by atoms with Gasteiger partial charge < -0.3 is 24.6 Å². The van der Waals surface area contributed by atoms with E-state index in [-0.39, 0.29) is 5.79 Å². The lowest BCUT2D eigenvalue weighted by molar-refractivity contribution is -0.169. The maximum atomic E-state index is 5.84.